The van der Waals surface area contributed by atoms with Crippen LogP contribution >= 0.6 is 0 Å². The zero-order chi connectivity index (χ0) is 24.4. The number of carbonyl (C=O) groups is 4. The Bertz CT molecular complexity index is 859. The van der Waals surface area contributed by atoms with E-state index in [9.17, 15) is 34.5 Å². The minimum Gasteiger partial charge on any atom is -0.545 e. The first kappa shape index (κ1) is 31.0. The van der Waals surface area contributed by atoms with Crippen molar-refractivity contribution >= 4 is 23.9 Å². The number of nitrogens with zero attached hydrogens (tertiary/aromatic N) is 3. The van der Waals surface area contributed by atoms with Gasteiger partial charge in [-0.25, -0.2) is 0 Å². The van der Waals surface area contributed by atoms with Crippen molar-refractivity contribution in [3.05, 3.63) is 90.3 Å². The molecule has 33 heavy (non-hydrogen) atoms. The fourth-order valence-electron chi connectivity index (χ4n) is 1.45. The van der Waals surface area contributed by atoms with Crippen LogP contribution in [-0.2, 0) is 22.2 Å². The smallest absolute Gasteiger partial charge is 0.545 e. The first-order valence-electron chi connectivity index (χ1n) is 8.45. The molecule has 0 aliphatic heterocycles. The van der Waals surface area contributed by atoms with Crippen LogP contribution in [0.5, 0.6) is 0 Å². The first-order chi connectivity index (χ1) is 15.2. The Labute approximate surface area is 198 Å². The summed E-state index contributed by atoms with van der Waals surface area (Å²) in [6, 6.07) is 8.94. The van der Waals surface area contributed by atoms with Gasteiger partial charge in [-0.15, -0.1) is 0 Å². The van der Waals surface area contributed by atoms with E-state index in [-0.39, 0.29) is 40.6 Å². The summed E-state index contributed by atoms with van der Waals surface area (Å²) in [7, 11) is 0. The van der Waals surface area contributed by atoms with E-state index in [4.69, 9.17) is 5.11 Å². The number of rotatable bonds is 4. The second-order valence-corrected chi connectivity index (χ2v) is 5.19. The van der Waals surface area contributed by atoms with Gasteiger partial charge in [-0.2, -0.15) is 0 Å². The van der Waals surface area contributed by atoms with Crippen LogP contribution in [0.15, 0.2) is 73.6 Å². The van der Waals surface area contributed by atoms with Gasteiger partial charge < -0.3 is 40.5 Å². The number of carboxylic acid groups (broad SMARTS) is 4. The van der Waals surface area contributed by atoms with Gasteiger partial charge in [-0.1, -0.05) is 18.2 Å². The number of aromatic nitrogens is 3. The van der Waals surface area contributed by atoms with Crippen LogP contribution < -0.4 is 21.1 Å². The summed E-state index contributed by atoms with van der Waals surface area (Å²) in [5.41, 5.74) is 4.90. The van der Waals surface area contributed by atoms with Crippen LogP contribution in [-0.4, -0.2) is 50.5 Å². The third-order valence-electron chi connectivity index (χ3n) is 2.87. The van der Waals surface area contributed by atoms with Crippen LogP contribution in [0.3, 0.4) is 0 Å². The van der Waals surface area contributed by atoms with Gasteiger partial charge >= 0.3 is 23.3 Å². The summed E-state index contributed by atoms with van der Waals surface area (Å²) < 4.78 is 0. The Morgan fingerprint density at radius 1 is 0.697 bits per heavy atom. The molecular weight excluding hydrogens is 476 g/mol. The van der Waals surface area contributed by atoms with Gasteiger partial charge in [-0.05, 0) is 18.2 Å². The number of nitrogens with two attached hydrogens (primary N) is 1. The zero-order valence-electron chi connectivity index (χ0n) is 16.8. The van der Waals surface area contributed by atoms with E-state index in [1.807, 2.05) is 0 Å². The van der Waals surface area contributed by atoms with Gasteiger partial charge in [0.1, 0.15) is 0 Å². The molecule has 0 bridgehead atoms. The van der Waals surface area contributed by atoms with Crippen molar-refractivity contribution in [3.8, 4) is 0 Å². The normalized spacial score (nSPS) is 8.39. The molecule has 3 N–H and O–H groups in total. The molecule has 0 atom stereocenters. The average Bonchev–Trinajstić information content (AvgIpc) is 2.82. The average molecular weight is 493 g/mol. The van der Waals surface area contributed by atoms with Crippen LogP contribution in [0.25, 0.3) is 0 Å². The van der Waals surface area contributed by atoms with Crippen molar-refractivity contribution < 1.29 is 57.0 Å². The number of carboxylic acids is 4. The van der Waals surface area contributed by atoms with Crippen LogP contribution in [0.1, 0.15) is 31.1 Å². The van der Waals surface area contributed by atoms with Crippen LogP contribution in [0.4, 0.5) is 0 Å². The molecule has 13 heteroatoms. The third-order valence-corrected chi connectivity index (χ3v) is 2.87. The number of hydrogen-bond acceptors (Lipinski definition) is 11. The molecule has 0 aliphatic rings. The van der Waals surface area contributed by atoms with E-state index in [2.05, 4.69) is 20.7 Å². The van der Waals surface area contributed by atoms with Gasteiger partial charge in [0, 0.05) is 53.9 Å². The molecule has 1 radical (unpaired) electrons. The van der Waals surface area contributed by atoms with Crippen LogP contribution in [0, 0.1) is 0 Å². The maximum absolute atomic E-state index is 10.0. The SMILES string of the molecule is NCC(=O)O.O=C([O-])c1cccnc1.O=C([O-])c1cccnc1.O=C([O-])c1cccnc1.[Cr+3]. The molecule has 171 valence electrons. The van der Waals surface area contributed by atoms with Crippen molar-refractivity contribution in [2.24, 2.45) is 5.73 Å². The minimum absolute atomic E-state index is 0. The van der Waals surface area contributed by atoms with Gasteiger partial charge in [0.2, 0.25) is 0 Å². The molecule has 0 amide bonds. The molecule has 3 rings (SSSR count). The number of carbonyl (C=O) groups excluding carboxylic acids is 3. The van der Waals surface area contributed by atoms with Gasteiger partial charge in [0.25, 0.3) is 0 Å². The topological polar surface area (TPSA) is 222 Å². The summed E-state index contributed by atoms with van der Waals surface area (Å²) in [4.78, 5) is 50.1. The minimum atomic E-state index is -1.19. The molecule has 0 aliphatic carbocycles. The second-order valence-electron chi connectivity index (χ2n) is 5.19. The van der Waals surface area contributed by atoms with E-state index in [0.29, 0.717) is 0 Å². The summed E-state index contributed by atoms with van der Waals surface area (Å²) in [5.74, 6) is -4.54. The van der Waals surface area contributed by atoms with E-state index < -0.39 is 23.9 Å². The number of aromatic carboxylic acids is 3. The van der Waals surface area contributed by atoms with Crippen molar-refractivity contribution in [1.82, 2.24) is 15.0 Å². The summed E-state index contributed by atoms with van der Waals surface area (Å²) in [5, 5.41) is 37.7. The zero-order valence-corrected chi connectivity index (χ0v) is 18.0. The summed E-state index contributed by atoms with van der Waals surface area (Å²) in [6.45, 7) is -0.278. The molecule has 12 nitrogen and oxygen atoms in total. The molecule has 0 saturated carbocycles. The predicted molar refractivity (Wildman–Crippen MR) is 102 cm³/mol. The molecular formula is C20H17CrN4O8. The molecule has 0 spiro atoms. The quantitative estimate of drug-likeness (QED) is 0.381. The molecule has 0 unspecified atom stereocenters. The van der Waals surface area contributed by atoms with Crippen molar-refractivity contribution in [1.29, 1.82) is 0 Å². The van der Waals surface area contributed by atoms with Gasteiger partial charge in [0.15, 0.2) is 0 Å². The standard InChI is InChI=1S/3C6H5NO2.C2H5NO2.Cr/c3*8-6(9)5-2-1-3-7-4-5;3-1-2(4)5;/h3*1-4H,(H,8,9);1,3H2,(H,4,5);/q;;;;+3/p-3. The molecule has 0 saturated heterocycles. The van der Waals surface area contributed by atoms with Crippen molar-refractivity contribution in [3.63, 3.8) is 0 Å². The third kappa shape index (κ3) is 16.2. The van der Waals surface area contributed by atoms with E-state index in [1.165, 1.54) is 55.4 Å². The number of hydrogen-bond donors (Lipinski definition) is 2. The molecule has 3 heterocycles. The Balaban J connectivity index is 0. The molecule has 0 aromatic carbocycles. The summed E-state index contributed by atoms with van der Waals surface area (Å²) >= 11 is 0. The predicted octanol–water partition coefficient (Wildman–Crippen LogP) is -2.64. The Morgan fingerprint density at radius 3 is 1.03 bits per heavy atom. The largest absolute Gasteiger partial charge is 3.00 e. The Kier molecular flexibility index (Phi) is 17.5. The van der Waals surface area contributed by atoms with Gasteiger partial charge in [0.05, 0.1) is 24.5 Å². The number of pyridine rings is 3. The second kappa shape index (κ2) is 18.6. The first-order valence-corrected chi connectivity index (χ1v) is 8.45. The maximum atomic E-state index is 10.0. The van der Waals surface area contributed by atoms with Crippen LogP contribution in [0.2, 0.25) is 0 Å². The van der Waals surface area contributed by atoms with Gasteiger partial charge in [-0.3, -0.25) is 19.7 Å². The summed E-state index contributed by atoms with van der Waals surface area (Å²) in [6.07, 6.45) is 8.26. The Morgan fingerprint density at radius 2 is 0.939 bits per heavy atom. The molecule has 0 fully saturated rings. The van der Waals surface area contributed by atoms with E-state index in [1.54, 1.807) is 18.2 Å². The molecule has 3 aromatic heterocycles. The monoisotopic (exact) mass is 493 g/mol. The fourth-order valence-corrected chi connectivity index (χ4v) is 1.45. The Hall–Kier alpha value is -4.18. The molecule has 3 aromatic rings. The van der Waals surface area contributed by atoms with E-state index >= 15 is 0 Å². The fraction of sp³-hybridized carbons (Fsp3) is 0.0500. The maximum Gasteiger partial charge on any atom is 3.00 e. The van der Waals surface area contributed by atoms with Crippen molar-refractivity contribution in [2.75, 3.05) is 6.54 Å². The number of aliphatic carboxylic acids is 1. The van der Waals surface area contributed by atoms with Crippen molar-refractivity contribution in [2.45, 2.75) is 0 Å². The van der Waals surface area contributed by atoms with E-state index in [0.717, 1.165) is 0 Å².